The molecule has 0 spiro atoms. The number of aromatic nitrogens is 10. The van der Waals surface area contributed by atoms with Crippen molar-refractivity contribution < 1.29 is 19.4 Å². The van der Waals surface area contributed by atoms with Crippen molar-refractivity contribution in [1.29, 1.82) is 0 Å². The molecule has 0 radical (unpaired) electrons. The van der Waals surface area contributed by atoms with Gasteiger partial charge in [0.25, 0.3) is 0 Å². The lowest BCUT2D eigenvalue weighted by atomic mass is 10.1. The highest BCUT2D eigenvalue weighted by atomic mass is 16.5. The quantitative estimate of drug-likeness (QED) is 0.0986. The van der Waals surface area contributed by atoms with E-state index in [4.69, 9.17) is 36.1 Å². The lowest BCUT2D eigenvalue weighted by Gasteiger charge is -2.12. The van der Waals surface area contributed by atoms with Gasteiger partial charge in [-0.3, -0.25) is 19.0 Å². The summed E-state index contributed by atoms with van der Waals surface area (Å²) in [5, 5.41) is 21.7. The third-order valence-electron chi connectivity index (χ3n) is 9.99. The molecule has 0 aliphatic carbocycles. The number of carbonyl (C=O) groups excluding carboxylic acids is 2. The third-order valence-corrected chi connectivity index (χ3v) is 9.99. The zero-order valence-electron chi connectivity index (χ0n) is 32.1. The highest BCUT2D eigenvalue weighted by Crippen LogP contribution is 2.37. The van der Waals surface area contributed by atoms with Crippen LogP contribution in [0, 0.1) is 13.8 Å². The number of allylic oxidation sites excluding steroid dienone is 2. The minimum atomic E-state index is -0.597. The van der Waals surface area contributed by atoms with E-state index in [1.807, 2.05) is 72.0 Å². The van der Waals surface area contributed by atoms with Crippen LogP contribution in [0.1, 0.15) is 52.4 Å². The molecule has 8 aromatic rings. The first kappa shape index (κ1) is 37.0. The zero-order chi connectivity index (χ0) is 40.0. The normalized spacial score (nSPS) is 11.9. The summed E-state index contributed by atoms with van der Waals surface area (Å²) in [5.74, 6) is 0.368. The van der Waals surface area contributed by atoms with Crippen molar-refractivity contribution in [3.05, 3.63) is 89.5 Å². The number of fused-ring (bicyclic) bond motifs is 6. The molecule has 16 nitrogen and oxygen atoms in total. The first-order valence-corrected chi connectivity index (χ1v) is 18.8. The van der Waals surface area contributed by atoms with E-state index in [0.29, 0.717) is 77.8 Å². The molecule has 0 bridgehead atoms. The monoisotopic (exact) mass is 766 g/mol. The van der Waals surface area contributed by atoms with E-state index >= 15 is 0 Å². The van der Waals surface area contributed by atoms with Gasteiger partial charge in [-0.2, -0.15) is 10.2 Å². The summed E-state index contributed by atoms with van der Waals surface area (Å²) >= 11 is 0. The van der Waals surface area contributed by atoms with Gasteiger partial charge in [-0.05, 0) is 70.2 Å². The van der Waals surface area contributed by atoms with Crippen LogP contribution in [0.4, 0.5) is 0 Å². The molecule has 6 heterocycles. The van der Waals surface area contributed by atoms with Crippen molar-refractivity contribution in [2.45, 2.75) is 60.3 Å². The number of ether oxygens (including phenoxy) is 1. The highest BCUT2D eigenvalue weighted by Gasteiger charge is 2.22. The summed E-state index contributed by atoms with van der Waals surface area (Å²) < 4.78 is 14.1. The van der Waals surface area contributed by atoms with Crippen molar-refractivity contribution in [3.63, 3.8) is 0 Å². The van der Waals surface area contributed by atoms with Gasteiger partial charge in [-0.15, -0.1) is 0 Å². The van der Waals surface area contributed by atoms with E-state index in [1.54, 1.807) is 36.7 Å². The van der Waals surface area contributed by atoms with E-state index in [0.717, 1.165) is 44.5 Å². The van der Waals surface area contributed by atoms with Crippen LogP contribution < -0.4 is 16.2 Å². The number of amides is 2. The number of nitrogens with zero attached hydrogens (tertiary/aromatic N) is 10. The van der Waals surface area contributed by atoms with Gasteiger partial charge >= 0.3 is 0 Å². The minimum Gasteiger partial charge on any atom is -0.491 e. The summed E-state index contributed by atoms with van der Waals surface area (Å²) in [4.78, 5) is 44.3. The molecule has 5 N–H and O–H groups in total. The van der Waals surface area contributed by atoms with E-state index in [2.05, 4.69) is 14.8 Å². The molecule has 0 saturated heterocycles. The molecule has 0 atom stereocenters. The van der Waals surface area contributed by atoms with E-state index in [9.17, 15) is 14.7 Å². The zero-order valence-corrected chi connectivity index (χ0v) is 32.1. The van der Waals surface area contributed by atoms with E-state index < -0.39 is 11.8 Å². The summed E-state index contributed by atoms with van der Waals surface area (Å²) in [6.45, 7) is 10.2. The van der Waals surface area contributed by atoms with Gasteiger partial charge in [0.1, 0.15) is 28.4 Å². The number of benzene rings is 2. The molecule has 2 aromatic carbocycles. The maximum atomic E-state index is 12.5. The van der Waals surface area contributed by atoms with Gasteiger partial charge in [0, 0.05) is 84.3 Å². The average molecular weight is 767 g/mol. The van der Waals surface area contributed by atoms with Gasteiger partial charge in [0.05, 0.1) is 29.0 Å². The van der Waals surface area contributed by atoms with Crippen LogP contribution in [-0.2, 0) is 26.2 Å². The second-order valence-corrected chi connectivity index (χ2v) is 13.8. The van der Waals surface area contributed by atoms with Gasteiger partial charge in [0.2, 0.25) is 11.8 Å². The van der Waals surface area contributed by atoms with Gasteiger partial charge in [-0.1, -0.05) is 12.2 Å². The largest absolute Gasteiger partial charge is 0.491 e. The molecule has 0 fully saturated rings. The first-order chi connectivity index (χ1) is 27.6. The maximum absolute atomic E-state index is 12.5. The Morgan fingerprint density at radius 2 is 1.30 bits per heavy atom. The molecule has 0 aliphatic rings. The lowest BCUT2D eigenvalue weighted by Crippen LogP contribution is -2.12. The lowest BCUT2D eigenvalue weighted by molar-refractivity contribution is 0.0992. The Labute approximate surface area is 326 Å². The van der Waals surface area contributed by atoms with Crippen LogP contribution in [-0.4, -0.2) is 78.8 Å². The van der Waals surface area contributed by atoms with Crippen LogP contribution in [0.25, 0.3) is 66.9 Å². The number of primary amides is 2. The van der Waals surface area contributed by atoms with Crippen LogP contribution in [0.3, 0.4) is 0 Å². The Morgan fingerprint density at radius 1 is 0.737 bits per heavy atom. The number of hydrogen-bond donors (Lipinski definition) is 3. The maximum Gasteiger partial charge on any atom is 0.248 e. The van der Waals surface area contributed by atoms with Gasteiger partial charge in [0.15, 0.2) is 11.6 Å². The second kappa shape index (κ2) is 15.0. The smallest absolute Gasteiger partial charge is 0.248 e. The fraction of sp³-hybridized carbons (Fsp3) is 0.268. The Balaban J connectivity index is 1.25. The molecular weight excluding hydrogens is 725 g/mol. The summed E-state index contributed by atoms with van der Waals surface area (Å²) in [5.41, 5.74) is 18.3. The van der Waals surface area contributed by atoms with E-state index in [1.165, 1.54) is 0 Å². The molecule has 6 aromatic heterocycles. The predicted molar refractivity (Wildman–Crippen MR) is 217 cm³/mol. The Bertz CT molecular complexity index is 2900. The topological polar surface area (TPSA) is 213 Å². The molecule has 8 rings (SSSR count). The summed E-state index contributed by atoms with van der Waals surface area (Å²) in [6.07, 6.45) is 8.02. The van der Waals surface area contributed by atoms with E-state index in [-0.39, 0.29) is 18.8 Å². The van der Waals surface area contributed by atoms with Crippen molar-refractivity contribution in [2.24, 2.45) is 11.5 Å². The number of nitrogens with two attached hydrogens (primary N) is 2. The minimum absolute atomic E-state index is 0.0510. The molecule has 290 valence electrons. The van der Waals surface area contributed by atoms with Crippen LogP contribution >= 0.6 is 0 Å². The standard InChI is InChI=1S/C41H42N12O4/c1-5-52-32(16-23(3)48-52)38-44-21-29-27-18-25(36(42)55)10-11-31(27)50(40(29)46-38)12-7-8-13-51-35-28(19-26(37(43)56)20-34(35)57-15-9-14-54)30-22-45-39(47-41(30)51)33-17-24(4)49-53(33)6-2/h7-8,10-11,16-22,54H,5-6,9,12-15H2,1-4H3,(H2,42,55)(H2,43,56)/b8-7+. The van der Waals surface area contributed by atoms with Crippen LogP contribution in [0.15, 0.2) is 67.0 Å². The van der Waals surface area contributed by atoms with Crippen molar-refractivity contribution in [1.82, 2.24) is 48.6 Å². The second-order valence-electron chi connectivity index (χ2n) is 13.8. The Hall–Kier alpha value is -6.94. The Morgan fingerprint density at radius 3 is 1.88 bits per heavy atom. The number of aliphatic hydroxyl groups excluding tert-OH is 1. The molecule has 2 amide bonds. The molecule has 0 saturated carbocycles. The molecule has 0 aliphatic heterocycles. The number of hydrogen-bond acceptors (Lipinski definition) is 10. The van der Waals surface area contributed by atoms with Crippen molar-refractivity contribution in [2.75, 3.05) is 13.2 Å². The Kier molecular flexibility index (Phi) is 9.71. The third kappa shape index (κ3) is 6.63. The number of aliphatic hydroxyl groups is 1. The predicted octanol–water partition coefficient (Wildman–Crippen LogP) is 5.08. The molecule has 0 unspecified atom stereocenters. The van der Waals surface area contributed by atoms with Gasteiger partial charge < -0.3 is 30.4 Å². The fourth-order valence-corrected chi connectivity index (χ4v) is 7.39. The summed E-state index contributed by atoms with van der Waals surface area (Å²) in [6, 6.07) is 12.7. The number of rotatable bonds is 14. The molecule has 16 heteroatoms. The van der Waals surface area contributed by atoms with Gasteiger partial charge in [-0.25, -0.2) is 19.9 Å². The van der Waals surface area contributed by atoms with Crippen LogP contribution in [0.2, 0.25) is 0 Å². The molecular formula is C41H42N12O4. The fourth-order valence-electron chi connectivity index (χ4n) is 7.39. The number of aryl methyl sites for hydroxylation is 4. The first-order valence-electron chi connectivity index (χ1n) is 18.8. The van der Waals surface area contributed by atoms with Crippen molar-refractivity contribution in [3.8, 4) is 28.8 Å². The van der Waals surface area contributed by atoms with Crippen molar-refractivity contribution >= 4 is 55.7 Å². The molecule has 57 heavy (non-hydrogen) atoms. The van der Waals surface area contributed by atoms with Crippen LogP contribution in [0.5, 0.6) is 5.75 Å². The highest BCUT2D eigenvalue weighted by molar-refractivity contribution is 6.12. The summed E-state index contributed by atoms with van der Waals surface area (Å²) in [7, 11) is 0. The average Bonchev–Trinajstić information content (AvgIpc) is 3.95. The number of carbonyl (C=O) groups is 2. The SMILES string of the molecule is CCn1nc(C)cc1-c1ncc2c3cc(C(N)=O)ccc3n(C/C=C/Cn3c4nc(-c5cc(C)nn5CC)ncc4c4cc(C(N)=O)cc(OCCCO)c43)c2n1.